The van der Waals surface area contributed by atoms with Crippen LogP contribution in [0, 0.1) is 5.82 Å². The van der Waals surface area contributed by atoms with E-state index in [1.807, 2.05) is 0 Å². The molecule has 14 heteroatoms. The number of halogens is 4. The maximum absolute atomic E-state index is 14.7. The van der Waals surface area contributed by atoms with Crippen LogP contribution < -0.4 is 20.5 Å². The maximum Gasteiger partial charge on any atom is 0.424 e. The number of alkyl halides is 3. The Kier molecular flexibility index (Phi) is 7.36. The van der Waals surface area contributed by atoms with Gasteiger partial charge in [-0.05, 0) is 61.4 Å². The number of ether oxygens (including phenoxy) is 2. The highest BCUT2D eigenvalue weighted by atomic mass is 19.4. The molecule has 0 bridgehead atoms. The highest BCUT2D eigenvalue weighted by Gasteiger charge is 2.58. The molecule has 234 valence electrons. The van der Waals surface area contributed by atoms with Gasteiger partial charge >= 0.3 is 6.18 Å². The molecule has 6 rings (SSSR count). The average molecular weight is 627 g/mol. The molecule has 10 nitrogen and oxygen atoms in total. The van der Waals surface area contributed by atoms with Crippen molar-refractivity contribution in [3.63, 3.8) is 0 Å². The number of aliphatic hydroxyl groups is 2. The first-order chi connectivity index (χ1) is 21.4. The van der Waals surface area contributed by atoms with Crippen LogP contribution in [0.15, 0.2) is 60.8 Å². The van der Waals surface area contributed by atoms with Crippen LogP contribution in [0.25, 0.3) is 22.2 Å². The first-order valence-electron chi connectivity index (χ1n) is 13.8. The fourth-order valence-corrected chi connectivity index (χ4v) is 5.13. The Labute approximate surface area is 252 Å². The van der Waals surface area contributed by atoms with Gasteiger partial charge in [0.2, 0.25) is 11.5 Å². The number of rotatable bonds is 9. The van der Waals surface area contributed by atoms with Crippen LogP contribution in [0.3, 0.4) is 0 Å². The van der Waals surface area contributed by atoms with Gasteiger partial charge in [-0.2, -0.15) is 13.2 Å². The molecule has 5 N–H and O–H groups in total. The molecule has 1 aliphatic carbocycles. The summed E-state index contributed by atoms with van der Waals surface area (Å²) >= 11 is 0. The smallest absolute Gasteiger partial charge is 0.424 e. The van der Waals surface area contributed by atoms with Crippen molar-refractivity contribution in [2.75, 3.05) is 19.8 Å². The number of carbonyl (C=O) groups excluding carboxylic acids is 2. The van der Waals surface area contributed by atoms with Crippen molar-refractivity contribution in [2.45, 2.75) is 36.1 Å². The van der Waals surface area contributed by atoms with Crippen molar-refractivity contribution in [3.8, 4) is 22.8 Å². The van der Waals surface area contributed by atoms with E-state index < -0.39 is 60.3 Å². The number of aromatic nitrogens is 2. The van der Waals surface area contributed by atoms with E-state index in [1.165, 1.54) is 24.3 Å². The van der Waals surface area contributed by atoms with Crippen LogP contribution in [0.5, 0.6) is 11.5 Å². The molecule has 2 amide bonds. The molecule has 3 heterocycles. The Hall–Kier alpha value is -4.82. The number of hydrogen-bond acceptors (Lipinski definition) is 8. The summed E-state index contributed by atoms with van der Waals surface area (Å²) in [5, 5.41) is 24.1. The fraction of sp³-hybridized carbons (Fsp3) is 0.290. The lowest BCUT2D eigenvalue weighted by atomic mass is 9.80. The molecule has 1 aliphatic heterocycles. The third-order valence-corrected chi connectivity index (χ3v) is 7.96. The fourth-order valence-electron chi connectivity index (χ4n) is 5.13. The predicted molar refractivity (Wildman–Crippen MR) is 151 cm³/mol. The van der Waals surface area contributed by atoms with Crippen molar-refractivity contribution in [2.24, 2.45) is 5.73 Å². The highest BCUT2D eigenvalue weighted by Crippen LogP contribution is 2.48. The number of nitrogens with two attached hydrogens (primary N) is 1. The third-order valence-electron chi connectivity index (χ3n) is 7.96. The molecule has 45 heavy (non-hydrogen) atoms. The van der Waals surface area contributed by atoms with Gasteiger partial charge in [-0.15, -0.1) is 0 Å². The minimum atomic E-state index is -5.41. The van der Waals surface area contributed by atoms with Gasteiger partial charge in [0.1, 0.15) is 40.5 Å². The molecule has 1 saturated carbocycles. The Bertz CT molecular complexity index is 1810. The second-order valence-corrected chi connectivity index (χ2v) is 11.0. The number of carbonyl (C=O) groups is 2. The summed E-state index contributed by atoms with van der Waals surface area (Å²) in [6.07, 6.45) is -2.29. The van der Waals surface area contributed by atoms with Crippen LogP contribution in [-0.2, 0) is 15.8 Å². The SMILES string of the molecule is NC(=O)[C@]1(CO)COc2c1cc(C(O)(CNC(=O)c1cc(OC3CC3)c3ncccc3c1)C(F)(F)F)nc2-c1ccc(F)cc1. The number of amides is 2. The van der Waals surface area contributed by atoms with E-state index in [0.717, 1.165) is 31.0 Å². The van der Waals surface area contributed by atoms with E-state index >= 15 is 0 Å². The number of hydrogen-bond donors (Lipinski definition) is 4. The van der Waals surface area contributed by atoms with E-state index in [0.29, 0.717) is 16.7 Å². The number of nitrogens with one attached hydrogen (secondary N) is 1. The monoisotopic (exact) mass is 626 g/mol. The zero-order valence-corrected chi connectivity index (χ0v) is 23.4. The van der Waals surface area contributed by atoms with Gasteiger partial charge in [0.05, 0.1) is 24.9 Å². The number of aliphatic hydroxyl groups excluding tert-OH is 1. The van der Waals surface area contributed by atoms with Crippen LogP contribution in [0.1, 0.15) is 34.5 Å². The van der Waals surface area contributed by atoms with Gasteiger partial charge in [-0.25, -0.2) is 9.37 Å². The second-order valence-electron chi connectivity index (χ2n) is 11.0. The molecule has 4 aromatic rings. The summed E-state index contributed by atoms with van der Waals surface area (Å²) in [7, 11) is 0. The van der Waals surface area contributed by atoms with Crippen LogP contribution in [0.4, 0.5) is 17.6 Å². The van der Waals surface area contributed by atoms with E-state index in [1.54, 1.807) is 18.3 Å². The molecule has 1 unspecified atom stereocenters. The van der Waals surface area contributed by atoms with Crippen molar-refractivity contribution < 1.29 is 46.8 Å². The van der Waals surface area contributed by atoms with Gasteiger partial charge in [0, 0.05) is 28.3 Å². The summed E-state index contributed by atoms with van der Waals surface area (Å²) < 4.78 is 69.4. The lowest BCUT2D eigenvalue weighted by Gasteiger charge is -2.31. The molecule has 2 aliphatic rings. The lowest BCUT2D eigenvalue weighted by Crippen LogP contribution is -2.52. The van der Waals surface area contributed by atoms with E-state index in [4.69, 9.17) is 15.2 Å². The van der Waals surface area contributed by atoms with Crippen LogP contribution in [0.2, 0.25) is 0 Å². The summed E-state index contributed by atoms with van der Waals surface area (Å²) in [5.41, 5.74) is -1.21. The zero-order chi connectivity index (χ0) is 32.1. The molecular weight excluding hydrogens is 600 g/mol. The van der Waals surface area contributed by atoms with E-state index in [2.05, 4.69) is 15.3 Å². The van der Waals surface area contributed by atoms with Crippen LogP contribution in [-0.4, -0.2) is 64.0 Å². The quantitative estimate of drug-likeness (QED) is 0.206. The predicted octanol–water partition coefficient (Wildman–Crippen LogP) is 3.26. The van der Waals surface area contributed by atoms with Gasteiger partial charge in [-0.1, -0.05) is 6.07 Å². The van der Waals surface area contributed by atoms with E-state index in [-0.39, 0.29) is 34.2 Å². The number of fused-ring (bicyclic) bond motifs is 2. The molecule has 0 saturated heterocycles. The van der Waals surface area contributed by atoms with Crippen molar-refractivity contribution in [1.82, 2.24) is 15.3 Å². The minimum absolute atomic E-state index is 0.0361. The summed E-state index contributed by atoms with van der Waals surface area (Å²) in [5.74, 6) is -2.56. The Morgan fingerprint density at radius 1 is 1.13 bits per heavy atom. The van der Waals surface area contributed by atoms with Gasteiger partial charge in [0.25, 0.3) is 5.91 Å². The molecule has 0 radical (unpaired) electrons. The van der Waals surface area contributed by atoms with E-state index in [9.17, 15) is 37.4 Å². The zero-order valence-electron chi connectivity index (χ0n) is 23.4. The summed E-state index contributed by atoms with van der Waals surface area (Å²) in [6, 6.07) is 11.4. The Balaban J connectivity index is 1.41. The van der Waals surface area contributed by atoms with Crippen molar-refractivity contribution in [3.05, 3.63) is 83.4 Å². The normalized spacial score (nSPS) is 19.0. The molecule has 1 fully saturated rings. The second kappa shape index (κ2) is 11.0. The molecule has 0 spiro atoms. The molecular formula is C31H26F4N4O6. The van der Waals surface area contributed by atoms with Crippen LogP contribution >= 0.6 is 0 Å². The molecule has 2 aromatic heterocycles. The van der Waals surface area contributed by atoms with Crippen molar-refractivity contribution in [1.29, 1.82) is 0 Å². The van der Waals surface area contributed by atoms with Crippen molar-refractivity contribution >= 4 is 22.7 Å². The standard InChI is InChI=1S/C31H26F4N4O6/c32-19-5-3-16(4-6-19)25-26-21(29(14-40,15-44-26)28(36)42)12-23(39-25)30(43,31(33,34)35)13-38-27(41)18-10-17-2-1-9-37-24(17)22(11-18)45-20-7-8-20/h1-6,9-12,20,40,43H,7-8,13-15H2,(H2,36,42)(H,38,41)/t29-,30?/m1/s1. The maximum atomic E-state index is 14.7. The first-order valence-corrected chi connectivity index (χ1v) is 13.8. The average Bonchev–Trinajstić information content (AvgIpc) is 3.75. The molecule has 2 aromatic carbocycles. The molecule has 2 atom stereocenters. The number of benzene rings is 2. The highest BCUT2D eigenvalue weighted by molar-refractivity contribution is 6.00. The topological polar surface area (TPSA) is 157 Å². The van der Waals surface area contributed by atoms with Gasteiger partial charge in [0.15, 0.2) is 0 Å². The third kappa shape index (κ3) is 5.29. The Morgan fingerprint density at radius 2 is 1.87 bits per heavy atom. The number of nitrogens with zero attached hydrogens (tertiary/aromatic N) is 2. The van der Waals surface area contributed by atoms with Gasteiger partial charge < -0.3 is 30.7 Å². The lowest BCUT2D eigenvalue weighted by molar-refractivity contribution is -0.265. The number of pyridine rings is 2. The first kappa shape index (κ1) is 30.2. The summed E-state index contributed by atoms with van der Waals surface area (Å²) in [6.45, 7) is -2.83. The largest absolute Gasteiger partial charge is 0.489 e. The van der Waals surface area contributed by atoms with Gasteiger partial charge in [-0.3, -0.25) is 14.6 Å². The summed E-state index contributed by atoms with van der Waals surface area (Å²) in [4.78, 5) is 34.1. The Morgan fingerprint density at radius 3 is 2.51 bits per heavy atom. The number of primary amides is 1. The minimum Gasteiger partial charge on any atom is -0.489 e.